The molecule has 0 aromatic heterocycles. The molecule has 1 unspecified atom stereocenters. The van der Waals surface area contributed by atoms with E-state index in [0.29, 0.717) is 36.8 Å². The van der Waals surface area contributed by atoms with E-state index in [2.05, 4.69) is 17.8 Å². The standard InChI is InChI=1S/C31H45NO10/c1-4-19(2)31(37)42-28-15-25(34)13-23-10-5-20(3)27(30(23)28)12-11-24(33)14-26(35)16-29(36)40-17-21-6-8-22(9-7-21)18-41-32(38)39/h5-10,13,19-20,24-28,30,33-35,38-39H,4,11-12,14-18H2,1-3H3/t19-,20-,24?,25+,26-,27-,28-,30-/m0/s1. The molecule has 1 aromatic rings. The molecule has 0 fully saturated rings. The first-order chi connectivity index (χ1) is 20.0. The molecule has 2 aliphatic rings. The zero-order chi connectivity index (χ0) is 30.8. The predicted molar refractivity (Wildman–Crippen MR) is 150 cm³/mol. The molecule has 0 radical (unpaired) electrons. The summed E-state index contributed by atoms with van der Waals surface area (Å²) in [5, 5.41) is 48.3. The van der Waals surface area contributed by atoms with Crippen LogP contribution in [0.3, 0.4) is 0 Å². The highest BCUT2D eigenvalue weighted by molar-refractivity contribution is 5.72. The maximum Gasteiger partial charge on any atom is 0.308 e. The number of aliphatic hydroxyl groups excluding tert-OH is 3. The molecule has 0 saturated carbocycles. The van der Waals surface area contributed by atoms with Crippen molar-refractivity contribution >= 4 is 11.9 Å². The molecule has 8 atom stereocenters. The number of fused-ring (bicyclic) bond motifs is 1. The Morgan fingerprint density at radius 1 is 1.07 bits per heavy atom. The van der Waals surface area contributed by atoms with Gasteiger partial charge < -0.3 is 24.8 Å². The highest BCUT2D eigenvalue weighted by Gasteiger charge is 2.42. The second-order valence-electron chi connectivity index (χ2n) is 11.5. The normalized spacial score (nSPS) is 25.7. The smallest absolute Gasteiger partial charge is 0.308 e. The highest BCUT2D eigenvalue weighted by Crippen LogP contribution is 2.44. The lowest BCUT2D eigenvalue weighted by atomic mass is 9.66. The maximum atomic E-state index is 12.6. The van der Waals surface area contributed by atoms with Gasteiger partial charge in [0, 0.05) is 12.3 Å². The van der Waals surface area contributed by atoms with E-state index in [1.165, 1.54) is 0 Å². The van der Waals surface area contributed by atoms with E-state index in [1.54, 1.807) is 24.3 Å². The zero-order valence-electron chi connectivity index (χ0n) is 24.5. The summed E-state index contributed by atoms with van der Waals surface area (Å²) in [5.41, 5.74) is 2.33. The van der Waals surface area contributed by atoms with Crippen molar-refractivity contribution in [2.45, 2.75) is 96.9 Å². The Kier molecular flexibility index (Phi) is 13.1. The van der Waals surface area contributed by atoms with Crippen LogP contribution in [-0.2, 0) is 37.1 Å². The van der Waals surface area contributed by atoms with Gasteiger partial charge in [-0.3, -0.25) is 20.0 Å². The van der Waals surface area contributed by atoms with Gasteiger partial charge >= 0.3 is 11.9 Å². The van der Waals surface area contributed by atoms with Crippen LogP contribution in [0.5, 0.6) is 0 Å². The van der Waals surface area contributed by atoms with Crippen molar-refractivity contribution in [2.75, 3.05) is 0 Å². The summed E-state index contributed by atoms with van der Waals surface area (Å²) in [4.78, 5) is 29.4. The molecule has 11 heteroatoms. The van der Waals surface area contributed by atoms with E-state index in [-0.39, 0.29) is 61.1 Å². The molecule has 0 heterocycles. The quantitative estimate of drug-likeness (QED) is 0.149. The number of allylic oxidation sites excluding steroid dienone is 2. The predicted octanol–water partition coefficient (Wildman–Crippen LogP) is 3.61. The fraction of sp³-hybridized carbons (Fsp3) is 0.613. The van der Waals surface area contributed by atoms with Crippen molar-refractivity contribution in [1.29, 1.82) is 0 Å². The van der Waals surface area contributed by atoms with Crippen LogP contribution in [0, 0.1) is 23.7 Å². The van der Waals surface area contributed by atoms with Gasteiger partial charge in [-0.1, -0.05) is 63.3 Å². The molecule has 2 aliphatic carbocycles. The number of nitrogens with zero attached hydrogens (tertiary/aromatic N) is 1. The van der Waals surface area contributed by atoms with Gasteiger partial charge in [0.15, 0.2) is 0 Å². The average Bonchev–Trinajstić information content (AvgIpc) is 2.94. The SMILES string of the molecule is CC[C@H](C)C(=O)O[C@H]1C[C@H](O)C=C2C=C[C@H](C)[C@H](CCC(O)C[C@H](O)CC(=O)OCc3ccc(CON(O)O)cc3)[C@H]21. The van der Waals surface area contributed by atoms with Crippen molar-refractivity contribution in [2.24, 2.45) is 23.7 Å². The van der Waals surface area contributed by atoms with Crippen molar-refractivity contribution in [1.82, 2.24) is 5.39 Å². The molecule has 1 aromatic carbocycles. The summed E-state index contributed by atoms with van der Waals surface area (Å²) < 4.78 is 11.2. The minimum atomic E-state index is -1.07. The van der Waals surface area contributed by atoms with E-state index >= 15 is 0 Å². The van der Waals surface area contributed by atoms with Crippen LogP contribution in [0.2, 0.25) is 0 Å². The first-order valence-electron chi connectivity index (χ1n) is 14.7. The minimum Gasteiger partial charge on any atom is -0.461 e. The second-order valence-corrected chi connectivity index (χ2v) is 11.5. The van der Waals surface area contributed by atoms with Gasteiger partial charge in [0.2, 0.25) is 0 Å². The van der Waals surface area contributed by atoms with E-state index < -0.39 is 30.4 Å². The monoisotopic (exact) mass is 591 g/mol. The molecule has 5 N–H and O–H groups in total. The van der Waals surface area contributed by atoms with E-state index in [0.717, 1.165) is 5.57 Å². The summed E-state index contributed by atoms with van der Waals surface area (Å²) in [6.45, 7) is 5.80. The Labute approximate surface area is 246 Å². The largest absolute Gasteiger partial charge is 0.461 e. The van der Waals surface area contributed by atoms with Crippen LogP contribution < -0.4 is 0 Å². The molecule has 11 nitrogen and oxygen atoms in total. The Bertz CT molecular complexity index is 1070. The third kappa shape index (κ3) is 10.3. The lowest BCUT2D eigenvalue weighted by Gasteiger charge is -2.43. The Balaban J connectivity index is 1.47. The molecular weight excluding hydrogens is 546 g/mol. The molecule has 42 heavy (non-hydrogen) atoms. The number of rotatable bonds is 15. The molecule has 3 rings (SSSR count). The van der Waals surface area contributed by atoms with Crippen LogP contribution in [0.4, 0.5) is 0 Å². The average molecular weight is 592 g/mol. The van der Waals surface area contributed by atoms with Crippen molar-refractivity contribution < 1.29 is 49.6 Å². The number of hydrogen-bond acceptors (Lipinski definition) is 11. The molecule has 0 amide bonds. The number of carbonyl (C=O) groups is 2. The first-order valence-corrected chi connectivity index (χ1v) is 14.7. The summed E-state index contributed by atoms with van der Waals surface area (Å²) in [7, 11) is 0. The highest BCUT2D eigenvalue weighted by atomic mass is 17.1. The van der Waals surface area contributed by atoms with Gasteiger partial charge in [0.1, 0.15) is 12.7 Å². The molecule has 0 spiro atoms. The van der Waals surface area contributed by atoms with Crippen LogP contribution in [0.1, 0.15) is 70.4 Å². The lowest BCUT2D eigenvalue weighted by molar-refractivity contribution is -0.497. The van der Waals surface area contributed by atoms with Gasteiger partial charge in [-0.2, -0.15) is 0 Å². The third-order valence-electron chi connectivity index (χ3n) is 8.20. The summed E-state index contributed by atoms with van der Waals surface area (Å²) in [6.07, 6.45) is 4.63. The van der Waals surface area contributed by atoms with Crippen LogP contribution in [0.25, 0.3) is 0 Å². The Hall–Kier alpha value is -2.64. The van der Waals surface area contributed by atoms with Gasteiger partial charge in [0.05, 0.1) is 42.6 Å². The fourth-order valence-electron chi connectivity index (χ4n) is 5.60. The lowest BCUT2D eigenvalue weighted by Crippen LogP contribution is -2.43. The molecule has 0 aliphatic heterocycles. The molecule has 0 bridgehead atoms. The third-order valence-corrected chi connectivity index (χ3v) is 8.20. The summed E-state index contributed by atoms with van der Waals surface area (Å²) in [6, 6.07) is 6.78. The van der Waals surface area contributed by atoms with Crippen LogP contribution >= 0.6 is 0 Å². The number of esters is 2. The number of ether oxygens (including phenoxy) is 2. The number of hydrogen-bond donors (Lipinski definition) is 5. The number of aliphatic hydroxyl groups is 3. The number of benzene rings is 1. The van der Waals surface area contributed by atoms with Crippen molar-refractivity contribution in [3.8, 4) is 0 Å². The summed E-state index contributed by atoms with van der Waals surface area (Å²) in [5.74, 6) is -0.936. The van der Waals surface area contributed by atoms with E-state index in [1.807, 2.05) is 26.0 Å². The summed E-state index contributed by atoms with van der Waals surface area (Å²) >= 11 is 0. The van der Waals surface area contributed by atoms with Gasteiger partial charge in [0.25, 0.3) is 0 Å². The zero-order valence-corrected chi connectivity index (χ0v) is 24.5. The topological polar surface area (TPSA) is 166 Å². The van der Waals surface area contributed by atoms with Gasteiger partial charge in [-0.15, -0.1) is 0 Å². The van der Waals surface area contributed by atoms with Crippen molar-refractivity contribution in [3.63, 3.8) is 0 Å². The fourth-order valence-corrected chi connectivity index (χ4v) is 5.60. The Morgan fingerprint density at radius 3 is 2.38 bits per heavy atom. The minimum absolute atomic E-state index is 0.00314. The van der Waals surface area contributed by atoms with Gasteiger partial charge in [-0.05, 0) is 54.2 Å². The molecule has 0 saturated heterocycles. The molecular formula is C31H45NO10. The maximum absolute atomic E-state index is 12.6. The van der Waals surface area contributed by atoms with Crippen LogP contribution in [0.15, 0.2) is 48.1 Å². The molecule has 234 valence electrons. The Morgan fingerprint density at radius 2 is 1.74 bits per heavy atom. The van der Waals surface area contributed by atoms with Gasteiger partial charge in [-0.25, -0.2) is 4.84 Å². The first kappa shape index (κ1) is 33.9. The number of carbonyl (C=O) groups excluding carboxylic acids is 2. The van der Waals surface area contributed by atoms with E-state index in [4.69, 9.17) is 19.9 Å². The van der Waals surface area contributed by atoms with Crippen LogP contribution in [-0.4, -0.2) is 67.5 Å². The van der Waals surface area contributed by atoms with E-state index in [9.17, 15) is 24.9 Å². The second kappa shape index (κ2) is 16.3. The van der Waals surface area contributed by atoms with Crippen molar-refractivity contribution in [3.05, 3.63) is 59.2 Å².